The number of nitrogens with one attached hydrogen (secondary N) is 1. The van der Waals surface area contributed by atoms with Gasteiger partial charge < -0.3 is 5.32 Å². The number of amides is 1. The van der Waals surface area contributed by atoms with E-state index >= 15 is 0 Å². The smallest absolute Gasteiger partial charge is 0.254 e. The Bertz CT molecular complexity index is 782. The fourth-order valence-electron chi connectivity index (χ4n) is 2.64. The molecule has 2 aromatic heterocycles. The van der Waals surface area contributed by atoms with Gasteiger partial charge in [-0.1, -0.05) is 11.8 Å². The van der Waals surface area contributed by atoms with Crippen LogP contribution in [-0.2, 0) is 17.9 Å². The lowest BCUT2D eigenvalue weighted by atomic mass is 10.1. The summed E-state index contributed by atoms with van der Waals surface area (Å²) in [6, 6.07) is 3.43. The molecule has 0 saturated carbocycles. The molecular formula is C15H19N5O2S. The normalized spacial score (nSPS) is 16.9. The van der Waals surface area contributed by atoms with Gasteiger partial charge in [0, 0.05) is 36.8 Å². The quantitative estimate of drug-likeness (QED) is 0.829. The lowest BCUT2D eigenvalue weighted by Gasteiger charge is -2.23. The van der Waals surface area contributed by atoms with E-state index in [9.17, 15) is 9.59 Å². The molecule has 3 heterocycles. The Morgan fingerprint density at radius 2 is 2.30 bits per heavy atom. The summed E-state index contributed by atoms with van der Waals surface area (Å²) in [5, 5.41) is 7.99. The van der Waals surface area contributed by atoms with Crippen LogP contribution in [-0.4, -0.2) is 37.5 Å². The van der Waals surface area contributed by atoms with Crippen molar-refractivity contribution in [2.45, 2.75) is 32.1 Å². The summed E-state index contributed by atoms with van der Waals surface area (Å²) in [6.45, 7) is 5.50. The molecule has 0 aliphatic carbocycles. The molecule has 0 radical (unpaired) electrons. The average Bonchev–Trinajstić information content (AvgIpc) is 2.85. The van der Waals surface area contributed by atoms with Crippen LogP contribution in [0.4, 0.5) is 0 Å². The van der Waals surface area contributed by atoms with E-state index in [0.717, 1.165) is 11.4 Å². The number of carbonyl (C=O) groups excluding carboxylic acids is 1. The summed E-state index contributed by atoms with van der Waals surface area (Å²) < 4.78 is 3.45. The molecule has 23 heavy (non-hydrogen) atoms. The highest BCUT2D eigenvalue weighted by molar-refractivity contribution is 7.99. The summed E-state index contributed by atoms with van der Waals surface area (Å²) in [7, 11) is 0. The Balaban J connectivity index is 1.56. The van der Waals surface area contributed by atoms with Crippen molar-refractivity contribution >= 4 is 17.7 Å². The van der Waals surface area contributed by atoms with Crippen molar-refractivity contribution in [2.75, 3.05) is 12.3 Å². The van der Waals surface area contributed by atoms with Crippen LogP contribution in [0.3, 0.4) is 0 Å². The van der Waals surface area contributed by atoms with Crippen LogP contribution in [0, 0.1) is 19.8 Å². The molecule has 0 bridgehead atoms. The molecule has 7 nitrogen and oxygen atoms in total. The second-order valence-corrected chi connectivity index (χ2v) is 6.61. The first-order chi connectivity index (χ1) is 11.0. The summed E-state index contributed by atoms with van der Waals surface area (Å²) in [5.74, 6) is 0.401. The number of hydrogen-bond donors (Lipinski definition) is 1. The van der Waals surface area contributed by atoms with Gasteiger partial charge in [0.15, 0.2) is 5.16 Å². The highest BCUT2D eigenvalue weighted by Gasteiger charge is 2.26. The zero-order valence-electron chi connectivity index (χ0n) is 13.2. The summed E-state index contributed by atoms with van der Waals surface area (Å²) in [5.41, 5.74) is 1.94. The van der Waals surface area contributed by atoms with E-state index in [1.54, 1.807) is 4.57 Å². The Kier molecular flexibility index (Phi) is 4.51. The highest BCUT2D eigenvalue weighted by Crippen LogP contribution is 2.24. The van der Waals surface area contributed by atoms with Gasteiger partial charge in [-0.15, -0.1) is 0 Å². The van der Waals surface area contributed by atoms with Crippen molar-refractivity contribution in [3.63, 3.8) is 0 Å². The number of carbonyl (C=O) groups is 1. The van der Waals surface area contributed by atoms with Crippen LogP contribution in [0.5, 0.6) is 0 Å². The first kappa shape index (κ1) is 15.8. The fraction of sp³-hybridized carbons (Fsp3) is 0.467. The predicted octanol–water partition coefficient (Wildman–Crippen LogP) is 0.595. The molecule has 1 atom stereocenters. The Hall–Kier alpha value is -2.09. The average molecular weight is 333 g/mol. The molecular weight excluding hydrogens is 314 g/mol. The van der Waals surface area contributed by atoms with Gasteiger partial charge in [0.05, 0.1) is 18.2 Å². The summed E-state index contributed by atoms with van der Waals surface area (Å²) >= 11 is 1.45. The van der Waals surface area contributed by atoms with Crippen LogP contribution >= 0.6 is 11.8 Å². The lowest BCUT2D eigenvalue weighted by Crippen LogP contribution is -2.40. The lowest BCUT2D eigenvalue weighted by molar-refractivity contribution is -0.124. The number of hydrogen-bond acceptors (Lipinski definition) is 5. The first-order valence-electron chi connectivity index (χ1n) is 7.52. The number of aromatic nitrogens is 4. The monoisotopic (exact) mass is 333 g/mol. The third-order valence-electron chi connectivity index (χ3n) is 3.81. The van der Waals surface area contributed by atoms with Crippen LogP contribution < -0.4 is 10.9 Å². The van der Waals surface area contributed by atoms with Gasteiger partial charge in [0.2, 0.25) is 5.91 Å². The Morgan fingerprint density at radius 3 is 3.04 bits per heavy atom. The van der Waals surface area contributed by atoms with Crippen LogP contribution in [0.1, 0.15) is 11.4 Å². The van der Waals surface area contributed by atoms with E-state index in [-0.39, 0.29) is 17.4 Å². The fourth-order valence-corrected chi connectivity index (χ4v) is 3.70. The van der Waals surface area contributed by atoms with Crippen molar-refractivity contribution in [3.8, 4) is 0 Å². The maximum absolute atomic E-state index is 12.3. The van der Waals surface area contributed by atoms with E-state index in [4.69, 9.17) is 0 Å². The second kappa shape index (κ2) is 6.57. The largest absolute Gasteiger partial charge is 0.354 e. The predicted molar refractivity (Wildman–Crippen MR) is 87.4 cm³/mol. The first-order valence-corrected chi connectivity index (χ1v) is 8.50. The van der Waals surface area contributed by atoms with Gasteiger partial charge in [-0.05, 0) is 19.9 Å². The topological polar surface area (TPSA) is 81.8 Å². The van der Waals surface area contributed by atoms with Crippen LogP contribution in [0.15, 0.2) is 28.3 Å². The third kappa shape index (κ3) is 3.47. The zero-order chi connectivity index (χ0) is 16.4. The maximum atomic E-state index is 12.3. The molecule has 1 aliphatic rings. The van der Waals surface area contributed by atoms with Gasteiger partial charge in [0.1, 0.15) is 0 Å². The van der Waals surface area contributed by atoms with E-state index in [2.05, 4.69) is 15.4 Å². The molecule has 1 aliphatic heterocycles. The molecule has 3 rings (SSSR count). The van der Waals surface area contributed by atoms with Crippen LogP contribution in [0.25, 0.3) is 0 Å². The van der Waals surface area contributed by atoms with Gasteiger partial charge in [-0.2, -0.15) is 5.10 Å². The molecule has 122 valence electrons. The number of nitrogens with zero attached hydrogens (tertiary/aromatic N) is 4. The number of rotatable bonds is 4. The highest BCUT2D eigenvalue weighted by atomic mass is 32.2. The van der Waals surface area contributed by atoms with Crippen molar-refractivity contribution in [1.29, 1.82) is 0 Å². The number of aryl methyl sites for hydroxylation is 2. The van der Waals surface area contributed by atoms with E-state index in [0.29, 0.717) is 30.5 Å². The zero-order valence-corrected chi connectivity index (χ0v) is 14.0. The van der Waals surface area contributed by atoms with Crippen molar-refractivity contribution < 1.29 is 4.79 Å². The van der Waals surface area contributed by atoms with Crippen molar-refractivity contribution in [3.05, 3.63) is 40.1 Å². The molecule has 1 amide bonds. The van der Waals surface area contributed by atoms with Crippen molar-refractivity contribution in [1.82, 2.24) is 24.6 Å². The summed E-state index contributed by atoms with van der Waals surface area (Å²) in [6.07, 6.45) is 1.51. The SMILES string of the molecule is Cc1cc(C)n(CCNC(=O)[C@@H]2CSc3nccc(=O)n3C2)n1. The van der Waals surface area contributed by atoms with E-state index < -0.39 is 0 Å². The van der Waals surface area contributed by atoms with E-state index in [1.165, 1.54) is 24.0 Å². The number of fused-ring (bicyclic) bond motifs is 1. The minimum Gasteiger partial charge on any atom is -0.354 e. The Labute approximate surface area is 138 Å². The molecule has 0 fully saturated rings. The van der Waals surface area contributed by atoms with Crippen molar-refractivity contribution in [2.24, 2.45) is 5.92 Å². The summed E-state index contributed by atoms with van der Waals surface area (Å²) in [4.78, 5) is 28.3. The minimum atomic E-state index is -0.213. The molecule has 0 spiro atoms. The maximum Gasteiger partial charge on any atom is 0.254 e. The number of thioether (sulfide) groups is 1. The molecule has 0 aromatic carbocycles. The molecule has 2 aromatic rings. The Morgan fingerprint density at radius 1 is 1.48 bits per heavy atom. The molecule has 0 saturated heterocycles. The van der Waals surface area contributed by atoms with Gasteiger partial charge in [-0.3, -0.25) is 18.8 Å². The molecule has 8 heteroatoms. The van der Waals surface area contributed by atoms with Gasteiger partial charge >= 0.3 is 0 Å². The molecule has 1 N–H and O–H groups in total. The second-order valence-electron chi connectivity index (χ2n) is 5.63. The van der Waals surface area contributed by atoms with Gasteiger partial charge in [0.25, 0.3) is 5.56 Å². The van der Waals surface area contributed by atoms with Crippen LogP contribution in [0.2, 0.25) is 0 Å². The van der Waals surface area contributed by atoms with Gasteiger partial charge in [-0.25, -0.2) is 4.98 Å². The third-order valence-corrected chi connectivity index (χ3v) is 4.97. The van der Waals surface area contributed by atoms with E-state index in [1.807, 2.05) is 24.6 Å². The standard InChI is InChI=1S/C15H19N5O2S/c1-10-7-11(2)20(18-10)6-5-16-14(22)12-8-19-13(21)3-4-17-15(19)23-9-12/h3-4,7,12H,5-6,8-9H2,1-2H3,(H,16,22)/t12-/m0/s1. The minimum absolute atomic E-state index is 0.0274. The molecule has 0 unspecified atom stereocenters.